The molecular weight excluding hydrogens is 683 g/mol. The Balaban J connectivity index is 1.15. The molecule has 2 aromatic heterocycles. The fourth-order valence-corrected chi connectivity index (χ4v) is 8.25. The van der Waals surface area contributed by atoms with Crippen molar-refractivity contribution < 1.29 is 4.42 Å². The minimum absolute atomic E-state index is 0.628. The standard InChI is InChI=1S/C52H39N3O/c1-34-14-8-9-19-41(34)44-21-11-10-20-42(44)37-26-28-38(29-27-37)43-32-33-47-48(45-22-12-13-23-46(45)56-47)49(43)52-54-50(39-17-6-3-7-18-39)53-51(55-52)40-30-24-36(25-31-40)35-15-4-2-5-16-35/h3-4,6-26,28,30-33H,2,5,27,29H2,1H3. The van der Waals surface area contributed by atoms with Crippen LogP contribution in [0.5, 0.6) is 0 Å². The zero-order valence-corrected chi connectivity index (χ0v) is 31.2. The number of para-hydroxylation sites is 1. The molecule has 0 amide bonds. The maximum atomic E-state index is 6.48. The summed E-state index contributed by atoms with van der Waals surface area (Å²) < 4.78 is 6.48. The number of furan rings is 1. The number of aryl methyl sites for hydroxylation is 1. The first-order valence-electron chi connectivity index (χ1n) is 19.5. The molecule has 0 spiro atoms. The van der Waals surface area contributed by atoms with Crippen LogP contribution in [0.15, 0.2) is 174 Å². The van der Waals surface area contributed by atoms with Gasteiger partial charge in [-0.25, -0.2) is 15.0 Å². The van der Waals surface area contributed by atoms with E-state index in [1.54, 1.807) is 0 Å². The van der Waals surface area contributed by atoms with Crippen LogP contribution < -0.4 is 0 Å². The van der Waals surface area contributed by atoms with Gasteiger partial charge in [0, 0.05) is 27.5 Å². The zero-order chi connectivity index (χ0) is 37.4. The summed E-state index contributed by atoms with van der Waals surface area (Å²) in [5, 5.41) is 2.06. The van der Waals surface area contributed by atoms with Gasteiger partial charge in [0.25, 0.3) is 0 Å². The van der Waals surface area contributed by atoms with E-state index in [1.807, 2.05) is 30.3 Å². The van der Waals surface area contributed by atoms with Crippen molar-refractivity contribution >= 4 is 38.7 Å². The number of allylic oxidation sites excluding steroid dienone is 8. The van der Waals surface area contributed by atoms with Crippen LogP contribution in [0.4, 0.5) is 0 Å². The third-order valence-electron chi connectivity index (χ3n) is 11.1. The number of aromatic nitrogens is 3. The summed E-state index contributed by atoms with van der Waals surface area (Å²) in [6.07, 6.45) is 15.3. The van der Waals surface area contributed by atoms with Gasteiger partial charge in [-0.15, -0.1) is 0 Å². The third-order valence-corrected chi connectivity index (χ3v) is 11.1. The Morgan fingerprint density at radius 1 is 0.482 bits per heavy atom. The largest absolute Gasteiger partial charge is 0.456 e. The van der Waals surface area contributed by atoms with Crippen molar-refractivity contribution in [2.75, 3.05) is 0 Å². The number of hydrogen-bond donors (Lipinski definition) is 0. The van der Waals surface area contributed by atoms with Crippen LogP contribution in [0, 0.1) is 6.92 Å². The van der Waals surface area contributed by atoms with Crippen LogP contribution in [0.25, 0.3) is 83.9 Å². The molecule has 0 radical (unpaired) electrons. The van der Waals surface area contributed by atoms with Crippen molar-refractivity contribution in [2.45, 2.75) is 32.6 Å². The molecular formula is C52H39N3O. The van der Waals surface area contributed by atoms with Crippen LogP contribution in [-0.4, -0.2) is 15.0 Å². The highest BCUT2D eigenvalue weighted by Gasteiger charge is 2.24. The monoisotopic (exact) mass is 721 g/mol. The minimum atomic E-state index is 0.628. The van der Waals surface area contributed by atoms with Crippen LogP contribution in [-0.2, 0) is 0 Å². The Bertz CT molecular complexity index is 2910. The van der Waals surface area contributed by atoms with Gasteiger partial charge < -0.3 is 4.42 Å². The summed E-state index contributed by atoms with van der Waals surface area (Å²) in [4.78, 5) is 15.7. The van der Waals surface area contributed by atoms with Crippen LogP contribution >= 0.6 is 0 Å². The number of rotatable bonds is 7. The van der Waals surface area contributed by atoms with Gasteiger partial charge >= 0.3 is 0 Å². The van der Waals surface area contributed by atoms with E-state index in [2.05, 4.69) is 146 Å². The van der Waals surface area contributed by atoms with Crippen molar-refractivity contribution in [1.29, 1.82) is 0 Å². The predicted octanol–water partition coefficient (Wildman–Crippen LogP) is 13.7. The number of hydrogen-bond acceptors (Lipinski definition) is 4. The van der Waals surface area contributed by atoms with Gasteiger partial charge in [-0.1, -0.05) is 158 Å². The molecule has 0 unspecified atom stereocenters. The summed E-state index contributed by atoms with van der Waals surface area (Å²) in [6.45, 7) is 2.19. The van der Waals surface area contributed by atoms with E-state index in [1.165, 1.54) is 44.5 Å². The molecule has 0 fully saturated rings. The first-order chi connectivity index (χ1) is 27.7. The lowest BCUT2D eigenvalue weighted by atomic mass is 9.84. The summed E-state index contributed by atoms with van der Waals surface area (Å²) >= 11 is 0. The van der Waals surface area contributed by atoms with Gasteiger partial charge in [-0.05, 0) is 94.8 Å². The summed E-state index contributed by atoms with van der Waals surface area (Å²) in [5.74, 6) is 1.90. The second-order valence-corrected chi connectivity index (χ2v) is 14.6. The fraction of sp³-hybridized carbons (Fsp3) is 0.0962. The summed E-state index contributed by atoms with van der Waals surface area (Å²) in [7, 11) is 0. The molecule has 10 rings (SSSR count). The molecule has 0 atom stereocenters. The van der Waals surface area contributed by atoms with E-state index in [4.69, 9.17) is 19.4 Å². The Morgan fingerprint density at radius 2 is 1.11 bits per heavy atom. The Kier molecular flexibility index (Phi) is 8.64. The van der Waals surface area contributed by atoms with Crippen LogP contribution in [0.1, 0.15) is 47.9 Å². The highest BCUT2D eigenvalue weighted by molar-refractivity contribution is 6.14. The van der Waals surface area contributed by atoms with Gasteiger partial charge in [-0.2, -0.15) is 0 Å². The van der Waals surface area contributed by atoms with E-state index in [9.17, 15) is 0 Å². The van der Waals surface area contributed by atoms with Crippen molar-refractivity contribution in [3.05, 3.63) is 192 Å². The molecule has 2 aliphatic rings. The van der Waals surface area contributed by atoms with Crippen molar-refractivity contribution in [3.63, 3.8) is 0 Å². The molecule has 8 aromatic rings. The van der Waals surface area contributed by atoms with Crippen molar-refractivity contribution in [1.82, 2.24) is 15.0 Å². The topological polar surface area (TPSA) is 51.8 Å². The lowest BCUT2D eigenvalue weighted by Crippen LogP contribution is -2.03. The van der Waals surface area contributed by atoms with Gasteiger partial charge in [-0.3, -0.25) is 0 Å². The van der Waals surface area contributed by atoms with E-state index in [0.29, 0.717) is 17.5 Å². The normalized spacial score (nSPS) is 14.1. The van der Waals surface area contributed by atoms with Gasteiger partial charge in [0.1, 0.15) is 11.2 Å². The van der Waals surface area contributed by atoms with E-state index in [-0.39, 0.29) is 0 Å². The highest BCUT2D eigenvalue weighted by atomic mass is 16.3. The van der Waals surface area contributed by atoms with Gasteiger partial charge in [0.15, 0.2) is 17.5 Å². The van der Waals surface area contributed by atoms with Gasteiger partial charge in [0.2, 0.25) is 0 Å². The van der Waals surface area contributed by atoms with Crippen molar-refractivity contribution in [3.8, 4) is 45.3 Å². The maximum absolute atomic E-state index is 6.48. The molecule has 268 valence electrons. The Morgan fingerprint density at radius 3 is 1.84 bits per heavy atom. The molecule has 0 saturated carbocycles. The van der Waals surface area contributed by atoms with Crippen LogP contribution in [0.2, 0.25) is 0 Å². The summed E-state index contributed by atoms with van der Waals surface area (Å²) in [6, 6.07) is 48.8. The number of nitrogens with zero attached hydrogens (tertiary/aromatic N) is 3. The highest BCUT2D eigenvalue weighted by Crippen LogP contribution is 2.44. The third kappa shape index (κ3) is 6.19. The quantitative estimate of drug-likeness (QED) is 0.164. The SMILES string of the molecule is Cc1ccccc1-c1ccccc1C1=CC=C(c2ccc3oc4ccccc4c3c2-c2nc(-c3ccccc3)nc(-c3ccc(C4=CCCC=C4)cc3)n2)CC1. The maximum Gasteiger partial charge on any atom is 0.165 e. The molecule has 4 nitrogen and oxygen atoms in total. The second-order valence-electron chi connectivity index (χ2n) is 14.6. The Hall–Kier alpha value is -6.91. The molecule has 2 heterocycles. The average molecular weight is 722 g/mol. The van der Waals surface area contributed by atoms with E-state index < -0.39 is 0 Å². The number of fused-ring (bicyclic) bond motifs is 3. The molecule has 0 bridgehead atoms. The molecule has 0 N–H and O–H groups in total. The average Bonchev–Trinajstić information content (AvgIpc) is 3.66. The Labute approximate surface area is 327 Å². The minimum Gasteiger partial charge on any atom is -0.456 e. The molecule has 0 aliphatic heterocycles. The van der Waals surface area contributed by atoms with E-state index in [0.717, 1.165) is 69.9 Å². The first kappa shape index (κ1) is 33.6. The summed E-state index contributed by atoms with van der Waals surface area (Å²) in [5.41, 5.74) is 15.7. The van der Waals surface area contributed by atoms with E-state index >= 15 is 0 Å². The predicted molar refractivity (Wildman–Crippen MR) is 232 cm³/mol. The smallest absolute Gasteiger partial charge is 0.165 e. The lowest BCUT2D eigenvalue weighted by molar-refractivity contribution is 0.669. The van der Waals surface area contributed by atoms with Crippen LogP contribution in [0.3, 0.4) is 0 Å². The number of benzene rings is 6. The molecule has 4 heteroatoms. The zero-order valence-electron chi connectivity index (χ0n) is 31.2. The molecule has 2 aliphatic carbocycles. The van der Waals surface area contributed by atoms with Crippen molar-refractivity contribution in [2.24, 2.45) is 0 Å². The molecule has 0 saturated heterocycles. The van der Waals surface area contributed by atoms with Gasteiger partial charge in [0.05, 0.1) is 0 Å². The molecule has 6 aromatic carbocycles. The first-order valence-corrected chi connectivity index (χ1v) is 19.5. The second kappa shape index (κ2) is 14.4. The molecule has 56 heavy (non-hydrogen) atoms. The lowest BCUT2D eigenvalue weighted by Gasteiger charge is -2.20. The fourth-order valence-electron chi connectivity index (χ4n) is 8.25.